The third kappa shape index (κ3) is 8.99. The average Bonchev–Trinajstić information content (AvgIpc) is 2.13. The molecule has 0 saturated heterocycles. The quantitative estimate of drug-likeness (QED) is 0.362. The van der Waals surface area contributed by atoms with E-state index in [1.54, 1.807) is 0 Å². The smallest absolute Gasteiger partial charge is 0.390 e. The number of hydrogen-bond acceptors (Lipinski definition) is 4. The zero-order valence-electron chi connectivity index (χ0n) is 8.74. The molecule has 15 heavy (non-hydrogen) atoms. The van der Waals surface area contributed by atoms with Crippen LogP contribution < -0.4 is 0 Å². The predicted octanol–water partition coefficient (Wildman–Crippen LogP) is 0.398. The van der Waals surface area contributed by atoms with E-state index in [1.807, 2.05) is 6.92 Å². The van der Waals surface area contributed by atoms with E-state index >= 15 is 0 Å². The van der Waals surface area contributed by atoms with E-state index in [1.165, 1.54) is 0 Å². The molecule has 0 radical (unpaired) electrons. The lowest BCUT2D eigenvalue weighted by molar-refractivity contribution is -0.0181. The first-order chi connectivity index (χ1) is 6.87. The Morgan fingerprint density at radius 2 is 1.80 bits per heavy atom. The van der Waals surface area contributed by atoms with Gasteiger partial charge in [-0.25, -0.2) is 4.57 Å². The van der Waals surface area contributed by atoms with E-state index in [9.17, 15) is 14.8 Å². The van der Waals surface area contributed by atoms with Gasteiger partial charge in [0.1, 0.15) is 6.10 Å². The predicted molar refractivity (Wildman–Crippen MR) is 54.2 cm³/mol. The van der Waals surface area contributed by atoms with Crippen molar-refractivity contribution in [3.8, 4) is 0 Å². The van der Waals surface area contributed by atoms with Crippen LogP contribution in [0.3, 0.4) is 0 Å². The third-order valence-corrected chi connectivity index (χ3v) is 2.45. The van der Waals surface area contributed by atoms with Crippen molar-refractivity contribution in [1.82, 2.24) is 0 Å². The summed E-state index contributed by atoms with van der Waals surface area (Å²) in [5.74, 6) is 0. The number of phosphoric acid groups is 1. The molecule has 0 amide bonds. The number of unbranched alkanes of at least 4 members (excludes halogenated alkanes) is 2. The molecule has 4 N–H and O–H groups in total. The summed E-state index contributed by atoms with van der Waals surface area (Å²) in [6, 6.07) is 0. The maximum atomic E-state index is 10.3. The summed E-state index contributed by atoms with van der Waals surface area (Å²) >= 11 is 0. The number of phosphoric ester groups is 1. The highest BCUT2D eigenvalue weighted by Crippen LogP contribution is 2.35. The van der Waals surface area contributed by atoms with Gasteiger partial charge in [-0.2, -0.15) is 0 Å². The maximum absolute atomic E-state index is 10.3. The molecule has 0 aromatic heterocycles. The monoisotopic (exact) mass is 242 g/mol. The van der Waals surface area contributed by atoms with Crippen molar-refractivity contribution in [3.05, 3.63) is 0 Å². The maximum Gasteiger partial charge on any atom is 0.469 e. The third-order valence-electron chi connectivity index (χ3n) is 1.96. The highest BCUT2D eigenvalue weighted by atomic mass is 31.2. The zero-order chi connectivity index (χ0) is 11.9. The minimum Gasteiger partial charge on any atom is -0.390 e. The summed E-state index contributed by atoms with van der Waals surface area (Å²) in [4.78, 5) is 16.7. The standard InChI is InChI=1S/C8H19O6P/c1-2-3-4-5-7(9)8(10)6-14-15(11,12)13/h7-10H,2-6H2,1H3,(H2,11,12,13). The van der Waals surface area contributed by atoms with Crippen LogP contribution in [-0.4, -0.2) is 38.8 Å². The molecule has 0 heterocycles. The van der Waals surface area contributed by atoms with Crippen LogP contribution in [0.15, 0.2) is 0 Å². The molecule has 0 saturated carbocycles. The number of aliphatic hydroxyl groups excluding tert-OH is 2. The molecule has 2 unspecified atom stereocenters. The van der Waals surface area contributed by atoms with Gasteiger partial charge < -0.3 is 20.0 Å². The first-order valence-electron chi connectivity index (χ1n) is 4.93. The van der Waals surface area contributed by atoms with Gasteiger partial charge in [0.25, 0.3) is 0 Å². The fourth-order valence-electron chi connectivity index (χ4n) is 1.08. The molecule has 0 spiro atoms. The zero-order valence-corrected chi connectivity index (χ0v) is 9.64. The molecule has 0 rings (SSSR count). The molecule has 0 fully saturated rings. The van der Waals surface area contributed by atoms with Gasteiger partial charge in [-0.05, 0) is 6.42 Å². The Morgan fingerprint density at radius 3 is 2.27 bits per heavy atom. The molecule has 2 atom stereocenters. The Hall–Kier alpha value is 0.0300. The van der Waals surface area contributed by atoms with Gasteiger partial charge in [0, 0.05) is 0 Å². The van der Waals surface area contributed by atoms with Gasteiger partial charge >= 0.3 is 7.82 Å². The second kappa shape index (κ2) is 7.33. The van der Waals surface area contributed by atoms with E-state index in [-0.39, 0.29) is 0 Å². The second-order valence-corrected chi connectivity index (χ2v) is 4.66. The molecule has 6 nitrogen and oxygen atoms in total. The van der Waals surface area contributed by atoms with Crippen molar-refractivity contribution in [1.29, 1.82) is 0 Å². The molecule has 7 heteroatoms. The highest BCUT2D eigenvalue weighted by Gasteiger charge is 2.21. The van der Waals surface area contributed by atoms with Crippen molar-refractivity contribution in [2.24, 2.45) is 0 Å². The summed E-state index contributed by atoms with van der Waals surface area (Å²) < 4.78 is 14.4. The van der Waals surface area contributed by atoms with Crippen molar-refractivity contribution in [2.45, 2.75) is 44.8 Å². The highest BCUT2D eigenvalue weighted by molar-refractivity contribution is 7.46. The largest absolute Gasteiger partial charge is 0.469 e. The van der Waals surface area contributed by atoms with Gasteiger partial charge in [-0.15, -0.1) is 0 Å². The van der Waals surface area contributed by atoms with Gasteiger partial charge in [-0.1, -0.05) is 26.2 Å². The Morgan fingerprint density at radius 1 is 1.20 bits per heavy atom. The van der Waals surface area contributed by atoms with Crippen LogP contribution in [0, 0.1) is 0 Å². The van der Waals surface area contributed by atoms with Crippen LogP contribution in [0.4, 0.5) is 0 Å². The van der Waals surface area contributed by atoms with Crippen LogP contribution in [-0.2, 0) is 9.09 Å². The molecule has 0 aromatic rings. The van der Waals surface area contributed by atoms with Crippen LogP contribution in [0.25, 0.3) is 0 Å². The van der Waals surface area contributed by atoms with Crippen LogP contribution >= 0.6 is 7.82 Å². The number of rotatable bonds is 8. The summed E-state index contributed by atoms with van der Waals surface area (Å²) in [5.41, 5.74) is 0. The molecule has 0 aliphatic carbocycles. The van der Waals surface area contributed by atoms with Crippen molar-refractivity contribution in [2.75, 3.05) is 6.61 Å². The van der Waals surface area contributed by atoms with Crippen molar-refractivity contribution < 1.29 is 29.1 Å². The van der Waals surface area contributed by atoms with E-state index in [2.05, 4.69) is 4.52 Å². The molecule has 0 bridgehead atoms. The average molecular weight is 242 g/mol. The molecular formula is C8H19O6P. The molecular weight excluding hydrogens is 223 g/mol. The van der Waals surface area contributed by atoms with Crippen LogP contribution in [0.2, 0.25) is 0 Å². The Balaban J connectivity index is 3.69. The summed E-state index contributed by atoms with van der Waals surface area (Å²) in [6.45, 7) is 1.46. The summed E-state index contributed by atoms with van der Waals surface area (Å²) in [5, 5.41) is 18.6. The van der Waals surface area contributed by atoms with Crippen molar-refractivity contribution >= 4 is 7.82 Å². The van der Waals surface area contributed by atoms with Gasteiger partial charge in [-0.3, -0.25) is 4.52 Å². The molecule has 0 aliphatic heterocycles. The summed E-state index contributed by atoms with van der Waals surface area (Å²) in [7, 11) is -4.56. The van der Waals surface area contributed by atoms with Crippen molar-refractivity contribution in [3.63, 3.8) is 0 Å². The fourth-order valence-corrected chi connectivity index (χ4v) is 1.43. The minimum atomic E-state index is -4.56. The normalized spacial score (nSPS) is 16.3. The Bertz CT molecular complexity index is 203. The SMILES string of the molecule is CCCCCC(O)C(O)COP(=O)(O)O. The lowest BCUT2D eigenvalue weighted by atomic mass is 10.1. The first-order valence-corrected chi connectivity index (χ1v) is 6.46. The van der Waals surface area contributed by atoms with Gasteiger partial charge in [0.2, 0.25) is 0 Å². The Labute approximate surface area is 89.1 Å². The lowest BCUT2D eigenvalue weighted by Gasteiger charge is -2.17. The number of hydrogen-bond donors (Lipinski definition) is 4. The van der Waals surface area contributed by atoms with Gasteiger partial charge in [0.05, 0.1) is 12.7 Å². The fraction of sp³-hybridized carbons (Fsp3) is 1.00. The van der Waals surface area contributed by atoms with E-state index in [4.69, 9.17) is 9.79 Å². The van der Waals surface area contributed by atoms with Crippen LogP contribution in [0.5, 0.6) is 0 Å². The Kier molecular flexibility index (Phi) is 7.34. The van der Waals surface area contributed by atoms with E-state index in [0.29, 0.717) is 6.42 Å². The second-order valence-electron chi connectivity index (χ2n) is 3.42. The number of aliphatic hydroxyl groups is 2. The van der Waals surface area contributed by atoms with E-state index < -0.39 is 26.6 Å². The summed E-state index contributed by atoms with van der Waals surface area (Å²) in [6.07, 6.45) is 0.868. The van der Waals surface area contributed by atoms with E-state index in [0.717, 1.165) is 19.3 Å². The minimum absolute atomic E-state index is 0.402. The topological polar surface area (TPSA) is 107 Å². The first kappa shape index (κ1) is 15.0. The van der Waals surface area contributed by atoms with Gasteiger partial charge in [0.15, 0.2) is 0 Å². The molecule has 0 aliphatic rings. The van der Waals surface area contributed by atoms with Crippen LogP contribution in [0.1, 0.15) is 32.6 Å². The lowest BCUT2D eigenvalue weighted by Crippen LogP contribution is -2.30. The molecule has 0 aromatic carbocycles. The molecule has 92 valence electrons.